The van der Waals surface area contributed by atoms with Crippen LogP contribution in [0.15, 0.2) is 287 Å². The van der Waals surface area contributed by atoms with E-state index < -0.39 is 5.82 Å². The minimum atomic E-state index is -0.451. The Morgan fingerprint density at radius 3 is 1.10 bits per heavy atom. The van der Waals surface area contributed by atoms with Crippen LogP contribution in [0.4, 0.5) is 4.39 Å². The van der Waals surface area contributed by atoms with Crippen molar-refractivity contribution in [2.24, 2.45) is 0 Å². The molecule has 8 aromatic heterocycles. The van der Waals surface area contributed by atoms with E-state index in [0.29, 0.717) is 16.1 Å². The fraction of sp³-hybridized carbons (Fsp3) is 0.291. The first-order chi connectivity index (χ1) is 61.5. The first-order valence-electron chi connectivity index (χ1n) is 44.2. The summed E-state index contributed by atoms with van der Waals surface area (Å²) >= 11 is 5.83. The van der Waals surface area contributed by atoms with Crippen LogP contribution in [0.1, 0.15) is 74.5 Å². The highest BCUT2D eigenvalue weighted by Gasteiger charge is 2.26. The summed E-state index contributed by atoms with van der Waals surface area (Å²) in [4.78, 5) is 61.0. The number of hydrogen-bond acceptors (Lipinski definition) is 13. The van der Waals surface area contributed by atoms with Gasteiger partial charge in [-0.25, -0.2) is 4.39 Å². The van der Waals surface area contributed by atoms with Crippen LogP contribution in [0.2, 0.25) is 5.02 Å². The molecule has 0 saturated carbocycles. The average Bonchev–Trinajstić information content (AvgIpc) is 1.52. The molecule has 0 spiro atoms. The third kappa shape index (κ3) is 19.9. The van der Waals surface area contributed by atoms with E-state index in [1.165, 1.54) is 105 Å². The van der Waals surface area contributed by atoms with E-state index in [2.05, 4.69) is 133 Å². The second kappa shape index (κ2) is 39.4. The predicted molar refractivity (Wildman–Crippen MR) is 504 cm³/mol. The minimum absolute atomic E-state index is 0.0116. The van der Waals surface area contributed by atoms with Crippen LogP contribution < -0.4 is 22.2 Å². The number of aliphatic hydroxyl groups excluding tert-OH is 2. The Balaban J connectivity index is 0.000000119. The third-order valence-electron chi connectivity index (χ3n) is 25.3. The summed E-state index contributed by atoms with van der Waals surface area (Å²) in [6.45, 7) is 20.9. The van der Waals surface area contributed by atoms with Crippen LogP contribution in [0.5, 0.6) is 0 Å². The molecule has 2 atom stereocenters. The lowest BCUT2D eigenvalue weighted by Gasteiger charge is -2.22. The zero-order valence-electron chi connectivity index (χ0n) is 71.7. The van der Waals surface area contributed by atoms with Crippen LogP contribution in [0, 0.1) is 26.6 Å². The smallest absolute Gasteiger partial charge is 0.255 e. The van der Waals surface area contributed by atoms with E-state index in [0.717, 1.165) is 173 Å². The number of aromatic nitrogens is 11. The molecule has 4 aliphatic heterocycles. The maximum absolute atomic E-state index is 14.2. The van der Waals surface area contributed by atoms with Gasteiger partial charge < -0.3 is 24.6 Å². The van der Waals surface area contributed by atoms with Crippen molar-refractivity contribution < 1.29 is 14.6 Å². The lowest BCUT2D eigenvalue weighted by atomic mass is 10.1. The molecule has 8 aromatic carbocycles. The number of nitrogens with zero attached hydrogens (tertiary/aromatic N) is 15. The Bertz CT molecular complexity index is 6550. The Kier molecular flexibility index (Phi) is 26.8. The molecule has 0 radical (unpaired) electrons. The number of halogens is 2. The molecule has 12 heterocycles. The van der Waals surface area contributed by atoms with Crippen LogP contribution in [0.3, 0.4) is 0 Å². The zero-order valence-corrected chi connectivity index (χ0v) is 72.5. The topological polar surface area (TPSA) is 200 Å². The fourth-order valence-corrected chi connectivity index (χ4v) is 18.3. The molecule has 0 bridgehead atoms. The second-order valence-corrected chi connectivity index (χ2v) is 34.2. The van der Waals surface area contributed by atoms with E-state index in [4.69, 9.17) is 11.6 Å². The number of likely N-dealkylation sites (tertiary alicyclic amines) is 4. The van der Waals surface area contributed by atoms with Gasteiger partial charge in [-0.05, 0) is 285 Å². The highest BCUT2D eigenvalue weighted by molar-refractivity contribution is 6.30. The van der Waals surface area contributed by atoms with Crippen LogP contribution >= 0.6 is 11.6 Å². The molecule has 2 N–H and O–H groups in total. The Labute approximate surface area is 736 Å². The van der Waals surface area contributed by atoms with Gasteiger partial charge in [0.15, 0.2) is 0 Å². The van der Waals surface area contributed by atoms with E-state index in [-0.39, 0.29) is 47.5 Å². The number of hydrogen-bond donors (Lipinski definition) is 2. The summed E-state index contributed by atoms with van der Waals surface area (Å²) in [5.74, 6) is -0.451. The molecule has 0 aliphatic carbocycles. The first-order valence-corrected chi connectivity index (χ1v) is 44.6. The standard InChI is InChI=1S/C27H29N3O.2C26H28N4O2.C24H22ClFN4O/c1-21-5-7-22(8-6-21)23-12-18-30(27(31)20-23)25-9-10-26-24(19-25)11-17-29(26)16-4-15-28-13-2-3-14-28;2*1-19-4-6-20(7-5-19)21-10-12-29(26(32)16-21)23-8-9-25-22(15-23)17-27-30(25)14-13-28-11-2-3-24(28)18-31;25-19-3-5-21(22(26)15-19)17-7-10-29(24(31)14-17)20-4-6-23-18(13-20)16-27-30(23)12-11-28-8-1-2-9-28/h5-12,17-20H,2-4,13-16H2,1H3;2*4-10,12,15-17,24,31H,2-3,11,13-14,18H2,1H3;3-7,10,13-16H,1-2,8-9,11-12H2/t;2*24-;/m.10./s1. The van der Waals surface area contributed by atoms with E-state index in [9.17, 15) is 33.8 Å². The third-order valence-corrected chi connectivity index (χ3v) is 25.6. The van der Waals surface area contributed by atoms with Crippen molar-refractivity contribution in [3.63, 3.8) is 0 Å². The van der Waals surface area contributed by atoms with Gasteiger partial charge in [0.2, 0.25) is 0 Å². The van der Waals surface area contributed by atoms with E-state index >= 15 is 0 Å². The van der Waals surface area contributed by atoms with Crippen molar-refractivity contribution in [3.05, 3.63) is 337 Å². The summed E-state index contributed by atoms with van der Waals surface area (Å²) < 4.78 is 29.2. The average molecular weight is 1710 g/mol. The predicted octanol–water partition coefficient (Wildman–Crippen LogP) is 17.2. The largest absolute Gasteiger partial charge is 0.395 e. The fourth-order valence-electron chi connectivity index (χ4n) is 18.1. The van der Waals surface area contributed by atoms with Crippen molar-refractivity contribution >= 4 is 55.2 Å². The van der Waals surface area contributed by atoms with Crippen LogP contribution in [-0.2, 0) is 26.2 Å². The lowest BCUT2D eigenvalue weighted by Crippen LogP contribution is -2.34. The van der Waals surface area contributed by atoms with Crippen LogP contribution in [-0.4, -0.2) is 173 Å². The number of aliphatic hydroxyl groups is 2. The summed E-state index contributed by atoms with van der Waals surface area (Å²) in [5.41, 5.74) is 17.8. The number of fused-ring (bicyclic) bond motifs is 4. The quantitative estimate of drug-likeness (QED) is 0.0613. The van der Waals surface area contributed by atoms with Gasteiger partial charge in [0.25, 0.3) is 22.2 Å². The van der Waals surface area contributed by atoms with Gasteiger partial charge >= 0.3 is 0 Å². The summed E-state index contributed by atoms with van der Waals surface area (Å²) in [7, 11) is 0. The molecular weight excluding hydrogens is 1600 g/mol. The highest BCUT2D eigenvalue weighted by Crippen LogP contribution is 2.31. The number of pyridine rings is 4. The van der Waals surface area contributed by atoms with Gasteiger partial charge in [0.1, 0.15) is 5.82 Å². The second-order valence-electron chi connectivity index (χ2n) is 33.8. The normalized spacial score (nSPS) is 15.6. The zero-order chi connectivity index (χ0) is 86.7. The van der Waals surface area contributed by atoms with Gasteiger partial charge in [0, 0.05) is 154 Å². The summed E-state index contributed by atoms with van der Waals surface area (Å²) in [6, 6.07) is 70.3. The molecule has 0 amide bonds. The SMILES string of the molecule is Cc1ccc(-c2ccn(-c3ccc4c(ccn4CCCN4CCCC4)c3)c(=O)c2)cc1.Cc1ccc(-c2ccn(-c3ccc4c(cnn4CCN4CCC[C@@H]4CO)c3)c(=O)c2)cc1.Cc1ccc(-c2ccn(-c3ccc4c(cnn4CCN4CCC[C@H]4CO)c3)c(=O)c2)cc1.O=c1cc(-c2ccc(Cl)cc2F)ccn1-c1ccc2c(cnn2CCN2CCCC2)c1. The maximum Gasteiger partial charge on any atom is 0.255 e. The van der Waals surface area contributed by atoms with E-state index in [1.54, 1.807) is 60.9 Å². The highest BCUT2D eigenvalue weighted by atomic mass is 35.5. The molecule has 4 fully saturated rings. The number of rotatable bonds is 23. The van der Waals surface area contributed by atoms with Crippen molar-refractivity contribution in [1.29, 1.82) is 0 Å². The lowest BCUT2D eigenvalue weighted by molar-refractivity contribution is 0.154. The Morgan fingerprint density at radius 1 is 0.341 bits per heavy atom. The molecule has 20 rings (SSSR count). The number of aryl methyl sites for hydroxylation is 4. The van der Waals surface area contributed by atoms with Crippen molar-refractivity contribution in [3.8, 4) is 67.3 Å². The van der Waals surface area contributed by atoms with Crippen LogP contribution in [0.25, 0.3) is 111 Å². The molecule has 4 aliphatic rings. The molecule has 0 unspecified atom stereocenters. The van der Waals surface area contributed by atoms with Gasteiger partial charge in [-0.3, -0.25) is 61.3 Å². The van der Waals surface area contributed by atoms with E-state index in [1.807, 2.05) is 154 Å². The van der Waals surface area contributed by atoms with Gasteiger partial charge in [-0.1, -0.05) is 101 Å². The molecule has 21 nitrogen and oxygen atoms in total. The molecule has 4 saturated heterocycles. The van der Waals surface area contributed by atoms with Crippen molar-refractivity contribution in [1.82, 2.24) is 71.8 Å². The summed E-state index contributed by atoms with van der Waals surface area (Å²) in [6.07, 6.45) is 25.8. The summed E-state index contributed by atoms with van der Waals surface area (Å²) in [5, 5.41) is 37.2. The monoisotopic (exact) mass is 1700 g/mol. The molecule has 644 valence electrons. The molecule has 126 heavy (non-hydrogen) atoms. The van der Waals surface area contributed by atoms with Crippen molar-refractivity contribution in [2.45, 2.75) is 117 Å². The van der Waals surface area contributed by atoms with Gasteiger partial charge in [-0.2, -0.15) is 15.3 Å². The number of benzene rings is 8. The first kappa shape index (κ1) is 85.6. The molecule has 16 aromatic rings. The minimum Gasteiger partial charge on any atom is -0.395 e. The molecular formula is C103H107ClFN15O6. The van der Waals surface area contributed by atoms with Gasteiger partial charge in [-0.15, -0.1) is 0 Å². The van der Waals surface area contributed by atoms with Gasteiger partial charge in [0.05, 0.1) is 68.0 Å². The maximum atomic E-state index is 14.2. The Hall–Kier alpha value is -12.5. The molecule has 23 heteroatoms. The van der Waals surface area contributed by atoms with Crippen molar-refractivity contribution in [2.75, 3.05) is 78.7 Å². The Morgan fingerprint density at radius 2 is 0.706 bits per heavy atom.